The lowest BCUT2D eigenvalue weighted by Crippen LogP contribution is -2.36. The largest absolute Gasteiger partial charge is 0.356 e. The molecule has 1 aliphatic heterocycles. The fraction of sp³-hybridized carbons (Fsp3) is 0.714. The van der Waals surface area contributed by atoms with E-state index in [0.29, 0.717) is 6.54 Å². The molecular weight excluding hydrogens is 356 g/mol. The Kier molecular flexibility index (Phi) is 7.97. The first-order valence-corrected chi connectivity index (χ1v) is 9.47. The molecule has 0 aliphatic carbocycles. The Morgan fingerprint density at radius 3 is 2.48 bits per heavy atom. The number of hydroxylamine groups is 2. The Hall–Kier alpha value is -2.01. The molecular formula is C14H22N2O8S. The monoisotopic (exact) mass is 378 g/mol. The van der Waals surface area contributed by atoms with E-state index in [-0.39, 0.29) is 30.2 Å². The van der Waals surface area contributed by atoms with Gasteiger partial charge in [0.1, 0.15) is 0 Å². The summed E-state index contributed by atoms with van der Waals surface area (Å²) in [6, 6.07) is 0. The maximum absolute atomic E-state index is 11.7. The minimum Gasteiger partial charge on any atom is -0.356 e. The molecule has 11 heteroatoms. The van der Waals surface area contributed by atoms with Crippen LogP contribution in [0, 0.1) is 0 Å². The molecule has 1 unspecified atom stereocenters. The number of nitrogens with zero attached hydrogens (tertiary/aromatic N) is 1. The number of unbranched alkanes of at least 4 members (excludes halogenated alkanes) is 2. The van der Waals surface area contributed by atoms with Gasteiger partial charge in [0, 0.05) is 19.4 Å². The third-order valence-electron chi connectivity index (χ3n) is 3.50. The molecule has 10 nitrogen and oxygen atoms in total. The van der Waals surface area contributed by atoms with Crippen LogP contribution in [0.4, 0.5) is 0 Å². The summed E-state index contributed by atoms with van der Waals surface area (Å²) in [6.07, 6.45) is 2.13. The van der Waals surface area contributed by atoms with E-state index in [1.54, 1.807) is 0 Å². The second kappa shape index (κ2) is 9.47. The second-order valence-electron chi connectivity index (χ2n) is 5.61. The van der Waals surface area contributed by atoms with Crippen LogP contribution in [0.1, 0.15) is 51.9 Å². The van der Waals surface area contributed by atoms with Crippen molar-refractivity contribution in [2.24, 2.45) is 0 Å². The van der Waals surface area contributed by atoms with Gasteiger partial charge in [-0.05, 0) is 12.8 Å². The number of nitrogens with one attached hydrogen (secondary N) is 1. The minimum atomic E-state index is -4.75. The van der Waals surface area contributed by atoms with Crippen molar-refractivity contribution in [3.05, 3.63) is 0 Å². The lowest BCUT2D eigenvalue weighted by Gasteiger charge is -2.13. The van der Waals surface area contributed by atoms with Gasteiger partial charge in [0.25, 0.3) is 21.9 Å². The van der Waals surface area contributed by atoms with Gasteiger partial charge in [0.2, 0.25) is 5.91 Å². The van der Waals surface area contributed by atoms with E-state index in [9.17, 15) is 27.6 Å². The minimum absolute atomic E-state index is 0.0472. The van der Waals surface area contributed by atoms with Crippen LogP contribution in [-0.4, -0.2) is 53.5 Å². The summed E-state index contributed by atoms with van der Waals surface area (Å²) in [5.41, 5.74) is 0. The van der Waals surface area contributed by atoms with Gasteiger partial charge in [0.05, 0.1) is 6.42 Å². The summed E-state index contributed by atoms with van der Waals surface area (Å²) < 4.78 is 30.8. The fourth-order valence-corrected chi connectivity index (χ4v) is 2.85. The average Bonchev–Trinajstić information content (AvgIpc) is 2.80. The van der Waals surface area contributed by atoms with Gasteiger partial charge in [-0.1, -0.05) is 19.8 Å². The highest BCUT2D eigenvalue weighted by molar-refractivity contribution is 7.87. The maximum atomic E-state index is 11.7. The second-order valence-corrected chi connectivity index (χ2v) is 7.21. The van der Waals surface area contributed by atoms with Crippen molar-refractivity contribution in [1.82, 2.24) is 10.4 Å². The predicted octanol–water partition coefficient (Wildman–Crippen LogP) is -0.0634. The summed E-state index contributed by atoms with van der Waals surface area (Å²) in [5.74, 6) is -3.51. The summed E-state index contributed by atoms with van der Waals surface area (Å²) >= 11 is 0. The number of carbonyl (C=O) groups excluding carboxylic acids is 4. The van der Waals surface area contributed by atoms with Crippen molar-refractivity contribution in [2.75, 3.05) is 6.54 Å². The summed E-state index contributed by atoms with van der Waals surface area (Å²) in [7, 11) is -4.75. The molecule has 1 fully saturated rings. The van der Waals surface area contributed by atoms with Crippen molar-refractivity contribution in [3.8, 4) is 0 Å². The first kappa shape index (κ1) is 21.0. The zero-order valence-corrected chi connectivity index (χ0v) is 14.7. The molecule has 142 valence electrons. The Bertz CT molecular complexity index is 631. The van der Waals surface area contributed by atoms with E-state index in [2.05, 4.69) is 10.2 Å². The highest BCUT2D eigenvalue weighted by Crippen LogP contribution is 2.20. The highest BCUT2D eigenvalue weighted by atomic mass is 32.2. The van der Waals surface area contributed by atoms with Crippen LogP contribution in [0.2, 0.25) is 0 Å². The van der Waals surface area contributed by atoms with Crippen LogP contribution in [0.3, 0.4) is 0 Å². The lowest BCUT2D eigenvalue weighted by molar-refractivity contribution is -0.197. The SMILES string of the molecule is CCCCCNC(=O)CCCC(=O)ON1C(=O)CC(S(=O)(=O)O)C1=O. The van der Waals surface area contributed by atoms with Crippen molar-refractivity contribution in [3.63, 3.8) is 0 Å². The quantitative estimate of drug-likeness (QED) is 0.305. The molecule has 0 spiro atoms. The summed E-state index contributed by atoms with van der Waals surface area (Å²) in [6.45, 7) is 2.60. The fourth-order valence-electron chi connectivity index (χ4n) is 2.14. The van der Waals surface area contributed by atoms with Crippen LogP contribution in [0.25, 0.3) is 0 Å². The molecule has 1 saturated heterocycles. The third-order valence-corrected chi connectivity index (χ3v) is 4.59. The van der Waals surface area contributed by atoms with E-state index in [1.165, 1.54) is 0 Å². The van der Waals surface area contributed by atoms with Crippen LogP contribution in [-0.2, 0) is 34.1 Å². The van der Waals surface area contributed by atoms with E-state index >= 15 is 0 Å². The van der Waals surface area contributed by atoms with Crippen LogP contribution in [0.5, 0.6) is 0 Å². The van der Waals surface area contributed by atoms with Gasteiger partial charge in [-0.25, -0.2) is 4.79 Å². The van der Waals surface area contributed by atoms with Gasteiger partial charge in [-0.3, -0.25) is 18.9 Å². The topological polar surface area (TPSA) is 147 Å². The molecule has 25 heavy (non-hydrogen) atoms. The summed E-state index contributed by atoms with van der Waals surface area (Å²) in [4.78, 5) is 50.9. The lowest BCUT2D eigenvalue weighted by atomic mass is 10.2. The molecule has 1 atom stereocenters. The highest BCUT2D eigenvalue weighted by Gasteiger charge is 2.48. The van der Waals surface area contributed by atoms with E-state index in [1.807, 2.05) is 6.92 Å². The molecule has 0 aromatic carbocycles. The summed E-state index contributed by atoms with van der Waals surface area (Å²) in [5, 5.41) is 0.787. The number of imide groups is 1. The van der Waals surface area contributed by atoms with E-state index in [0.717, 1.165) is 19.3 Å². The van der Waals surface area contributed by atoms with Crippen molar-refractivity contribution in [1.29, 1.82) is 0 Å². The first-order chi connectivity index (χ1) is 11.7. The Balaban J connectivity index is 2.34. The molecule has 0 radical (unpaired) electrons. The third kappa shape index (κ3) is 6.78. The normalized spacial score (nSPS) is 17.7. The van der Waals surface area contributed by atoms with Gasteiger partial charge in [-0.2, -0.15) is 8.42 Å². The maximum Gasteiger partial charge on any atom is 0.333 e. The van der Waals surface area contributed by atoms with Crippen molar-refractivity contribution >= 4 is 33.8 Å². The van der Waals surface area contributed by atoms with Gasteiger partial charge in [0.15, 0.2) is 5.25 Å². The molecule has 0 aromatic rings. The number of amides is 3. The zero-order chi connectivity index (χ0) is 19.0. The molecule has 3 amide bonds. The first-order valence-electron chi connectivity index (χ1n) is 7.97. The zero-order valence-electron chi connectivity index (χ0n) is 13.9. The van der Waals surface area contributed by atoms with Gasteiger partial charge in [-0.15, -0.1) is 5.06 Å². The number of hydrogen-bond acceptors (Lipinski definition) is 7. The van der Waals surface area contributed by atoms with Crippen molar-refractivity contribution < 1.29 is 37.0 Å². The number of rotatable bonds is 10. The molecule has 2 N–H and O–H groups in total. The standard InChI is InChI=1S/C14H22N2O8S/c1-2-3-4-8-15-11(17)6-5-7-13(19)24-16-12(18)9-10(14(16)20)25(21,22)23/h10H,2-9H2,1H3,(H,15,17)(H,21,22,23). The van der Waals surface area contributed by atoms with Crippen LogP contribution >= 0.6 is 0 Å². The molecule has 1 aliphatic rings. The number of carbonyl (C=O) groups is 4. The Morgan fingerprint density at radius 1 is 1.24 bits per heavy atom. The Morgan fingerprint density at radius 2 is 1.92 bits per heavy atom. The van der Waals surface area contributed by atoms with E-state index < -0.39 is 39.6 Å². The van der Waals surface area contributed by atoms with Gasteiger partial charge >= 0.3 is 5.97 Å². The molecule has 1 heterocycles. The van der Waals surface area contributed by atoms with Crippen LogP contribution in [0.15, 0.2) is 0 Å². The molecule has 0 saturated carbocycles. The average molecular weight is 378 g/mol. The van der Waals surface area contributed by atoms with Crippen LogP contribution < -0.4 is 5.32 Å². The molecule has 0 bridgehead atoms. The van der Waals surface area contributed by atoms with Gasteiger partial charge < -0.3 is 10.2 Å². The number of hydrogen-bond donors (Lipinski definition) is 2. The molecule has 0 aromatic heterocycles. The van der Waals surface area contributed by atoms with E-state index in [4.69, 9.17) is 4.55 Å². The Labute approximate surface area is 145 Å². The molecule has 1 rings (SSSR count). The predicted molar refractivity (Wildman–Crippen MR) is 84.3 cm³/mol. The van der Waals surface area contributed by atoms with Crippen molar-refractivity contribution in [2.45, 2.75) is 57.1 Å². The smallest absolute Gasteiger partial charge is 0.333 e.